The Bertz CT molecular complexity index is 302. The van der Waals surface area contributed by atoms with E-state index in [9.17, 15) is 0 Å². The van der Waals surface area contributed by atoms with Gasteiger partial charge < -0.3 is 14.8 Å². The first kappa shape index (κ1) is 14.0. The Kier molecular flexibility index (Phi) is 7.43. The Morgan fingerprint density at radius 1 is 1.18 bits per heavy atom. The van der Waals surface area contributed by atoms with Crippen molar-refractivity contribution >= 4 is 0 Å². The zero-order chi connectivity index (χ0) is 12.3. The monoisotopic (exact) mass is 237 g/mol. The molecule has 0 bridgehead atoms. The highest BCUT2D eigenvalue weighted by molar-refractivity contribution is 5.33. The highest BCUT2D eigenvalue weighted by atomic mass is 16.5. The molecule has 0 aliphatic rings. The summed E-state index contributed by atoms with van der Waals surface area (Å²) in [4.78, 5) is 0. The number of methoxy groups -OCH3 is 1. The third-order valence-electron chi connectivity index (χ3n) is 2.45. The van der Waals surface area contributed by atoms with Crippen LogP contribution in [0.1, 0.15) is 25.3 Å². The topological polar surface area (TPSA) is 30.5 Å². The molecule has 1 rings (SSSR count). The summed E-state index contributed by atoms with van der Waals surface area (Å²) in [5, 5.41) is 3.39. The average Bonchev–Trinajstić information content (AvgIpc) is 2.37. The van der Waals surface area contributed by atoms with E-state index >= 15 is 0 Å². The summed E-state index contributed by atoms with van der Waals surface area (Å²) < 4.78 is 10.7. The summed E-state index contributed by atoms with van der Waals surface area (Å²) in [6, 6.07) is 8.19. The van der Waals surface area contributed by atoms with Gasteiger partial charge >= 0.3 is 0 Å². The lowest BCUT2D eigenvalue weighted by atomic mass is 10.2. The third kappa shape index (κ3) is 5.71. The maximum atomic E-state index is 5.70. The van der Waals surface area contributed by atoms with E-state index in [4.69, 9.17) is 9.47 Å². The first-order chi connectivity index (χ1) is 8.38. The van der Waals surface area contributed by atoms with E-state index in [2.05, 4.69) is 18.3 Å². The molecule has 0 aliphatic carbocycles. The van der Waals surface area contributed by atoms with Crippen molar-refractivity contribution in [2.45, 2.75) is 26.3 Å². The Balaban J connectivity index is 2.35. The molecule has 1 N–H and O–H groups in total. The number of ether oxygens (including phenoxy) is 2. The lowest BCUT2D eigenvalue weighted by molar-refractivity contribution is 0.194. The summed E-state index contributed by atoms with van der Waals surface area (Å²) in [5.74, 6) is 0.994. The molecule has 3 heteroatoms. The molecule has 0 aliphatic heterocycles. The summed E-state index contributed by atoms with van der Waals surface area (Å²) >= 11 is 0. The highest BCUT2D eigenvalue weighted by Crippen LogP contribution is 2.17. The normalized spacial score (nSPS) is 10.5. The van der Waals surface area contributed by atoms with Crippen LogP contribution < -0.4 is 10.1 Å². The van der Waals surface area contributed by atoms with E-state index in [1.54, 1.807) is 7.11 Å². The second-order valence-electron chi connectivity index (χ2n) is 3.98. The minimum Gasteiger partial charge on any atom is -0.493 e. The van der Waals surface area contributed by atoms with Crippen LogP contribution in [0.25, 0.3) is 0 Å². The first-order valence-corrected chi connectivity index (χ1v) is 6.28. The van der Waals surface area contributed by atoms with Crippen molar-refractivity contribution in [2.24, 2.45) is 0 Å². The molecule has 0 saturated carbocycles. The summed E-state index contributed by atoms with van der Waals surface area (Å²) in [5.41, 5.74) is 1.22. The molecule has 0 atom stereocenters. The molecular formula is C14H23NO2. The number of para-hydroxylation sites is 1. The van der Waals surface area contributed by atoms with Crippen LogP contribution in [0.4, 0.5) is 0 Å². The molecule has 0 aromatic heterocycles. The molecule has 0 spiro atoms. The van der Waals surface area contributed by atoms with Gasteiger partial charge in [-0.05, 0) is 25.5 Å². The molecule has 0 saturated heterocycles. The van der Waals surface area contributed by atoms with Gasteiger partial charge in [0.25, 0.3) is 0 Å². The minimum absolute atomic E-state index is 0.778. The molecule has 1 aromatic carbocycles. The molecule has 96 valence electrons. The summed E-state index contributed by atoms with van der Waals surface area (Å²) in [6.45, 7) is 5.52. The fourth-order valence-electron chi connectivity index (χ4n) is 1.57. The smallest absolute Gasteiger partial charge is 0.123 e. The molecule has 17 heavy (non-hydrogen) atoms. The van der Waals surface area contributed by atoms with Crippen LogP contribution in [0, 0.1) is 0 Å². The van der Waals surface area contributed by atoms with Crippen LogP contribution in [0.2, 0.25) is 0 Å². The largest absolute Gasteiger partial charge is 0.493 e. The maximum absolute atomic E-state index is 5.70. The van der Waals surface area contributed by atoms with Gasteiger partial charge in [0, 0.05) is 25.8 Å². The predicted molar refractivity (Wildman–Crippen MR) is 70.4 cm³/mol. The van der Waals surface area contributed by atoms with Crippen LogP contribution in [0.15, 0.2) is 24.3 Å². The van der Waals surface area contributed by atoms with E-state index < -0.39 is 0 Å². The van der Waals surface area contributed by atoms with Crippen molar-refractivity contribution in [3.63, 3.8) is 0 Å². The van der Waals surface area contributed by atoms with E-state index in [1.807, 2.05) is 18.2 Å². The van der Waals surface area contributed by atoms with Gasteiger partial charge in [-0.1, -0.05) is 25.1 Å². The van der Waals surface area contributed by atoms with Crippen LogP contribution in [0.5, 0.6) is 5.75 Å². The molecule has 0 radical (unpaired) electrons. The van der Waals surface area contributed by atoms with Crippen LogP contribution in [-0.4, -0.2) is 26.9 Å². The van der Waals surface area contributed by atoms with Gasteiger partial charge in [-0.3, -0.25) is 0 Å². The molecule has 0 unspecified atom stereocenters. The Labute approximate surface area is 104 Å². The highest BCUT2D eigenvalue weighted by Gasteiger charge is 2.01. The fourth-order valence-corrected chi connectivity index (χ4v) is 1.57. The molecular weight excluding hydrogens is 214 g/mol. The van der Waals surface area contributed by atoms with E-state index in [-0.39, 0.29) is 0 Å². The molecule has 1 aromatic rings. The zero-order valence-corrected chi connectivity index (χ0v) is 10.9. The van der Waals surface area contributed by atoms with Crippen molar-refractivity contribution in [2.75, 3.05) is 26.9 Å². The van der Waals surface area contributed by atoms with Gasteiger partial charge in [-0.15, -0.1) is 0 Å². The SMILES string of the molecule is CCCOc1ccccc1CNCCCOC. The maximum Gasteiger partial charge on any atom is 0.123 e. The van der Waals surface area contributed by atoms with Crippen LogP contribution >= 0.6 is 0 Å². The number of benzene rings is 1. The Morgan fingerprint density at radius 2 is 2.00 bits per heavy atom. The zero-order valence-electron chi connectivity index (χ0n) is 10.9. The van der Waals surface area contributed by atoms with E-state index in [1.165, 1.54) is 5.56 Å². The number of rotatable bonds is 9. The number of hydrogen-bond donors (Lipinski definition) is 1. The van der Waals surface area contributed by atoms with Gasteiger partial charge in [-0.2, -0.15) is 0 Å². The summed E-state index contributed by atoms with van der Waals surface area (Å²) in [7, 11) is 1.73. The Morgan fingerprint density at radius 3 is 2.76 bits per heavy atom. The Hall–Kier alpha value is -1.06. The lowest BCUT2D eigenvalue weighted by Gasteiger charge is -2.11. The van der Waals surface area contributed by atoms with Crippen LogP contribution in [0.3, 0.4) is 0 Å². The number of nitrogens with one attached hydrogen (secondary N) is 1. The van der Waals surface area contributed by atoms with Crippen molar-refractivity contribution in [3.8, 4) is 5.75 Å². The number of hydrogen-bond acceptors (Lipinski definition) is 3. The molecule has 0 amide bonds. The fraction of sp³-hybridized carbons (Fsp3) is 0.571. The quantitative estimate of drug-likeness (QED) is 0.670. The van der Waals surface area contributed by atoms with Crippen molar-refractivity contribution in [3.05, 3.63) is 29.8 Å². The third-order valence-corrected chi connectivity index (χ3v) is 2.45. The molecule has 0 fully saturated rings. The van der Waals surface area contributed by atoms with Crippen LogP contribution in [-0.2, 0) is 11.3 Å². The van der Waals surface area contributed by atoms with Gasteiger partial charge in [0.05, 0.1) is 6.61 Å². The summed E-state index contributed by atoms with van der Waals surface area (Å²) in [6.07, 6.45) is 2.07. The van der Waals surface area contributed by atoms with E-state index in [0.717, 1.165) is 44.9 Å². The van der Waals surface area contributed by atoms with Crippen molar-refractivity contribution in [1.29, 1.82) is 0 Å². The molecule has 0 heterocycles. The first-order valence-electron chi connectivity index (χ1n) is 6.28. The lowest BCUT2D eigenvalue weighted by Crippen LogP contribution is -2.16. The van der Waals surface area contributed by atoms with Gasteiger partial charge in [-0.25, -0.2) is 0 Å². The molecule has 3 nitrogen and oxygen atoms in total. The standard InChI is InChI=1S/C14H23NO2/c1-3-10-17-14-8-5-4-7-13(14)12-15-9-6-11-16-2/h4-5,7-8,15H,3,6,9-12H2,1-2H3. The van der Waals surface area contributed by atoms with Crippen molar-refractivity contribution in [1.82, 2.24) is 5.32 Å². The van der Waals surface area contributed by atoms with Gasteiger partial charge in [0.2, 0.25) is 0 Å². The minimum atomic E-state index is 0.778. The second kappa shape index (κ2) is 9.02. The predicted octanol–water partition coefficient (Wildman–Crippen LogP) is 2.60. The van der Waals surface area contributed by atoms with Gasteiger partial charge in [0.15, 0.2) is 0 Å². The van der Waals surface area contributed by atoms with Gasteiger partial charge in [0.1, 0.15) is 5.75 Å². The average molecular weight is 237 g/mol. The second-order valence-corrected chi connectivity index (χ2v) is 3.98. The van der Waals surface area contributed by atoms with Crippen molar-refractivity contribution < 1.29 is 9.47 Å². The van der Waals surface area contributed by atoms with E-state index in [0.29, 0.717) is 0 Å².